The van der Waals surface area contributed by atoms with Gasteiger partial charge in [0, 0.05) is 6.61 Å². The van der Waals surface area contributed by atoms with Crippen molar-refractivity contribution < 1.29 is 24.1 Å². The third-order valence-corrected chi connectivity index (χ3v) is 1.56. The van der Waals surface area contributed by atoms with Gasteiger partial charge in [-0.25, -0.2) is 0 Å². The number of ether oxygens (including phenoxy) is 4. The molecule has 15 heavy (non-hydrogen) atoms. The normalized spacial score (nSPS) is 10.8. The Kier molecular flexibility index (Phi) is 13.6. The fourth-order valence-electron chi connectivity index (χ4n) is 0.869. The second kappa shape index (κ2) is 13.8. The van der Waals surface area contributed by atoms with Crippen molar-refractivity contribution in [3.63, 3.8) is 0 Å². The fourth-order valence-corrected chi connectivity index (χ4v) is 0.869. The number of hydrogen-bond donors (Lipinski definition) is 1. The summed E-state index contributed by atoms with van der Waals surface area (Å²) in [4.78, 5) is 0. The first-order chi connectivity index (χ1) is 7.41. The summed E-state index contributed by atoms with van der Waals surface area (Å²) in [5, 5.41) is 8.41. The van der Waals surface area contributed by atoms with Crippen LogP contribution in [-0.2, 0) is 18.9 Å². The van der Waals surface area contributed by atoms with Crippen molar-refractivity contribution in [2.45, 2.75) is 6.92 Å². The molecule has 0 aromatic rings. The largest absolute Gasteiger partial charge is 0.394 e. The molecule has 0 aliphatic carbocycles. The summed E-state index contributed by atoms with van der Waals surface area (Å²) in [5.74, 6) is 0. The monoisotopic (exact) mass is 222 g/mol. The quantitative estimate of drug-likeness (QED) is 0.473. The van der Waals surface area contributed by atoms with Gasteiger partial charge in [-0.1, -0.05) is 0 Å². The van der Waals surface area contributed by atoms with Crippen molar-refractivity contribution in [1.82, 2.24) is 0 Å². The summed E-state index contributed by atoms with van der Waals surface area (Å²) in [5.41, 5.74) is 0. The van der Waals surface area contributed by atoms with E-state index in [1.54, 1.807) is 0 Å². The number of aliphatic hydroxyl groups is 1. The summed E-state index contributed by atoms with van der Waals surface area (Å²) in [6.07, 6.45) is 0. The van der Waals surface area contributed by atoms with E-state index in [4.69, 9.17) is 24.1 Å². The van der Waals surface area contributed by atoms with Crippen LogP contribution >= 0.6 is 0 Å². The van der Waals surface area contributed by atoms with Gasteiger partial charge in [0.2, 0.25) is 0 Å². The minimum Gasteiger partial charge on any atom is -0.394 e. The molecular weight excluding hydrogens is 200 g/mol. The summed E-state index contributed by atoms with van der Waals surface area (Å²) < 4.78 is 20.5. The smallest absolute Gasteiger partial charge is 0.0701 e. The van der Waals surface area contributed by atoms with E-state index in [2.05, 4.69) is 0 Å². The van der Waals surface area contributed by atoms with E-state index in [-0.39, 0.29) is 6.61 Å². The Morgan fingerprint density at radius 2 is 1.07 bits per heavy atom. The van der Waals surface area contributed by atoms with E-state index in [1.807, 2.05) is 6.92 Å². The molecule has 0 spiro atoms. The highest BCUT2D eigenvalue weighted by atomic mass is 16.6. The Balaban J connectivity index is 2.81. The first-order valence-corrected chi connectivity index (χ1v) is 5.33. The van der Waals surface area contributed by atoms with Gasteiger partial charge < -0.3 is 24.1 Å². The Hall–Kier alpha value is -0.200. The average molecular weight is 222 g/mol. The van der Waals surface area contributed by atoms with Crippen LogP contribution in [-0.4, -0.2) is 64.6 Å². The van der Waals surface area contributed by atoms with Crippen molar-refractivity contribution in [1.29, 1.82) is 0 Å². The molecule has 0 saturated heterocycles. The lowest BCUT2D eigenvalue weighted by molar-refractivity contribution is -0.00438. The first-order valence-electron chi connectivity index (χ1n) is 5.33. The lowest BCUT2D eigenvalue weighted by atomic mass is 10.7. The molecule has 0 saturated carbocycles. The number of rotatable bonds is 12. The van der Waals surface area contributed by atoms with Crippen LogP contribution in [0.4, 0.5) is 0 Å². The highest BCUT2D eigenvalue weighted by molar-refractivity contribution is 4.34. The van der Waals surface area contributed by atoms with E-state index in [0.29, 0.717) is 46.2 Å². The molecule has 0 aliphatic heterocycles. The standard InChI is InChI=1S/C10H22O5/c1-2-12-5-6-14-9-10-15-8-7-13-4-3-11/h11H,2-10H2,1H3. The van der Waals surface area contributed by atoms with Gasteiger partial charge in [-0.15, -0.1) is 0 Å². The molecule has 0 rings (SSSR count). The Bertz CT molecular complexity index is 98.0. The molecule has 0 heterocycles. The van der Waals surface area contributed by atoms with Crippen LogP contribution in [0, 0.1) is 0 Å². The average Bonchev–Trinajstić information content (AvgIpc) is 2.26. The molecule has 5 heteroatoms. The van der Waals surface area contributed by atoms with Crippen LogP contribution in [0.15, 0.2) is 0 Å². The highest BCUT2D eigenvalue weighted by Crippen LogP contribution is 1.82. The molecule has 92 valence electrons. The molecule has 0 aliphatic rings. The van der Waals surface area contributed by atoms with Crippen LogP contribution in [0.25, 0.3) is 0 Å². The number of aliphatic hydroxyl groups excluding tert-OH is 1. The Morgan fingerprint density at radius 1 is 0.667 bits per heavy atom. The second-order valence-electron chi connectivity index (χ2n) is 2.76. The molecule has 0 radical (unpaired) electrons. The van der Waals surface area contributed by atoms with Crippen molar-refractivity contribution in [2.24, 2.45) is 0 Å². The van der Waals surface area contributed by atoms with Crippen LogP contribution in [0.3, 0.4) is 0 Å². The Labute approximate surface area is 91.3 Å². The van der Waals surface area contributed by atoms with Crippen LogP contribution in [0.5, 0.6) is 0 Å². The van der Waals surface area contributed by atoms with Gasteiger partial charge in [-0.05, 0) is 6.92 Å². The van der Waals surface area contributed by atoms with Gasteiger partial charge in [0.05, 0.1) is 52.9 Å². The van der Waals surface area contributed by atoms with Crippen molar-refractivity contribution in [2.75, 3.05) is 59.5 Å². The number of hydrogen-bond acceptors (Lipinski definition) is 5. The van der Waals surface area contributed by atoms with Gasteiger partial charge in [0.1, 0.15) is 0 Å². The van der Waals surface area contributed by atoms with Crippen molar-refractivity contribution in [3.8, 4) is 0 Å². The van der Waals surface area contributed by atoms with E-state index in [9.17, 15) is 0 Å². The minimum absolute atomic E-state index is 0.0561. The lowest BCUT2D eigenvalue weighted by Gasteiger charge is -2.06. The molecule has 0 unspecified atom stereocenters. The van der Waals surface area contributed by atoms with E-state index >= 15 is 0 Å². The molecule has 0 aromatic carbocycles. The van der Waals surface area contributed by atoms with Crippen LogP contribution in [0.2, 0.25) is 0 Å². The molecule has 1 N–H and O–H groups in total. The summed E-state index contributed by atoms with van der Waals surface area (Å²) in [6.45, 7) is 6.54. The second-order valence-corrected chi connectivity index (χ2v) is 2.76. The third kappa shape index (κ3) is 13.8. The molecule has 0 fully saturated rings. The van der Waals surface area contributed by atoms with E-state index in [1.165, 1.54) is 0 Å². The van der Waals surface area contributed by atoms with Crippen LogP contribution in [0.1, 0.15) is 6.92 Å². The molecule has 0 atom stereocenters. The first kappa shape index (κ1) is 14.8. The summed E-state index contributed by atoms with van der Waals surface area (Å²) in [7, 11) is 0. The summed E-state index contributed by atoms with van der Waals surface area (Å²) in [6, 6.07) is 0. The zero-order valence-electron chi connectivity index (χ0n) is 9.44. The maximum absolute atomic E-state index is 8.41. The maximum atomic E-state index is 8.41. The molecule has 0 aromatic heterocycles. The summed E-state index contributed by atoms with van der Waals surface area (Å²) >= 11 is 0. The lowest BCUT2D eigenvalue weighted by Crippen LogP contribution is -2.12. The third-order valence-electron chi connectivity index (χ3n) is 1.56. The highest BCUT2D eigenvalue weighted by Gasteiger charge is 1.91. The molecular formula is C10H22O5. The van der Waals surface area contributed by atoms with Gasteiger partial charge in [0.15, 0.2) is 0 Å². The molecule has 0 amide bonds. The zero-order valence-corrected chi connectivity index (χ0v) is 9.44. The molecule has 5 nitrogen and oxygen atoms in total. The van der Waals surface area contributed by atoms with E-state index < -0.39 is 0 Å². The molecule has 0 bridgehead atoms. The zero-order chi connectivity index (χ0) is 11.2. The van der Waals surface area contributed by atoms with E-state index in [0.717, 1.165) is 6.61 Å². The predicted molar refractivity (Wildman–Crippen MR) is 56.0 cm³/mol. The van der Waals surface area contributed by atoms with Gasteiger partial charge in [-0.3, -0.25) is 0 Å². The van der Waals surface area contributed by atoms with Gasteiger partial charge in [-0.2, -0.15) is 0 Å². The van der Waals surface area contributed by atoms with Gasteiger partial charge >= 0.3 is 0 Å². The Morgan fingerprint density at radius 3 is 1.47 bits per heavy atom. The minimum atomic E-state index is 0.0561. The van der Waals surface area contributed by atoms with Crippen molar-refractivity contribution >= 4 is 0 Å². The van der Waals surface area contributed by atoms with Crippen molar-refractivity contribution in [3.05, 3.63) is 0 Å². The topological polar surface area (TPSA) is 57.2 Å². The predicted octanol–water partition coefficient (Wildman–Crippen LogP) is 0.0650. The SMILES string of the molecule is CCOCCOCCOCCOCCO. The fraction of sp³-hybridized carbons (Fsp3) is 1.00. The van der Waals surface area contributed by atoms with Gasteiger partial charge in [0.25, 0.3) is 0 Å². The maximum Gasteiger partial charge on any atom is 0.0701 e. The van der Waals surface area contributed by atoms with Crippen LogP contribution < -0.4 is 0 Å².